The van der Waals surface area contributed by atoms with E-state index in [9.17, 15) is 0 Å². The van der Waals surface area contributed by atoms with Crippen LogP contribution in [0.5, 0.6) is 0 Å². The lowest BCUT2D eigenvalue weighted by Crippen LogP contribution is -2.09. The predicted octanol–water partition coefficient (Wildman–Crippen LogP) is 4.04. The van der Waals surface area contributed by atoms with Gasteiger partial charge in [-0.15, -0.1) is 0 Å². The third-order valence-corrected chi connectivity index (χ3v) is 3.44. The Labute approximate surface area is 113 Å². The molecule has 2 aromatic rings. The average molecular weight is 264 g/mol. The van der Waals surface area contributed by atoms with Gasteiger partial charge in [0.2, 0.25) is 0 Å². The van der Waals surface area contributed by atoms with Crippen molar-refractivity contribution >= 4 is 17.3 Å². The minimum atomic E-state index is 0.421. The zero-order valence-corrected chi connectivity index (χ0v) is 11.7. The molecule has 2 rings (SSSR count). The highest BCUT2D eigenvalue weighted by atomic mass is 35.5. The molecule has 0 spiro atoms. The Balaban J connectivity index is 2.12. The molecule has 0 bridgehead atoms. The van der Waals surface area contributed by atoms with E-state index in [0.29, 0.717) is 6.04 Å². The number of benzene rings is 1. The molecule has 4 heteroatoms. The summed E-state index contributed by atoms with van der Waals surface area (Å²) < 4.78 is 2.16. The molecule has 0 atom stereocenters. The van der Waals surface area contributed by atoms with Gasteiger partial charge in [0, 0.05) is 22.9 Å². The highest BCUT2D eigenvalue weighted by Crippen LogP contribution is 2.23. The minimum absolute atomic E-state index is 0.421. The third-order valence-electron chi connectivity index (χ3n) is 3.03. The quantitative estimate of drug-likeness (QED) is 0.902. The smallest absolute Gasteiger partial charge is 0.0951 e. The van der Waals surface area contributed by atoms with Crippen molar-refractivity contribution in [3.05, 3.63) is 47.0 Å². The standard InChI is InChI=1S/C14H18ClN3/c1-10(2)18-9-16-7-12(18)8-17-14-6-4-5-13(15)11(14)3/h4-7,9-10,17H,8H2,1-3H3. The number of nitrogens with zero attached hydrogens (tertiary/aromatic N) is 2. The van der Waals surface area contributed by atoms with Crippen LogP contribution in [0.4, 0.5) is 5.69 Å². The fourth-order valence-electron chi connectivity index (χ4n) is 1.92. The highest BCUT2D eigenvalue weighted by molar-refractivity contribution is 6.31. The van der Waals surface area contributed by atoms with Gasteiger partial charge in [-0.1, -0.05) is 17.7 Å². The molecule has 0 aliphatic rings. The SMILES string of the molecule is Cc1c(Cl)cccc1NCc1cncn1C(C)C. The number of hydrogen-bond acceptors (Lipinski definition) is 2. The van der Waals surface area contributed by atoms with Crippen LogP contribution in [0.15, 0.2) is 30.7 Å². The topological polar surface area (TPSA) is 29.9 Å². The first-order valence-corrected chi connectivity index (χ1v) is 6.47. The molecule has 0 aliphatic carbocycles. The van der Waals surface area contributed by atoms with Crippen LogP contribution >= 0.6 is 11.6 Å². The van der Waals surface area contributed by atoms with Gasteiger partial charge >= 0.3 is 0 Å². The molecule has 96 valence electrons. The number of aromatic nitrogens is 2. The van der Waals surface area contributed by atoms with Gasteiger partial charge < -0.3 is 9.88 Å². The molecule has 0 unspecified atom stereocenters. The molecule has 0 aliphatic heterocycles. The first-order valence-electron chi connectivity index (χ1n) is 6.09. The predicted molar refractivity (Wildman–Crippen MR) is 76.1 cm³/mol. The molecule has 1 heterocycles. The van der Waals surface area contributed by atoms with Gasteiger partial charge in [-0.05, 0) is 38.5 Å². The van der Waals surface area contributed by atoms with E-state index in [1.807, 2.05) is 37.6 Å². The van der Waals surface area contributed by atoms with E-state index in [-0.39, 0.29) is 0 Å². The lowest BCUT2D eigenvalue weighted by atomic mass is 10.2. The first kappa shape index (κ1) is 13.0. The van der Waals surface area contributed by atoms with Gasteiger partial charge in [0.15, 0.2) is 0 Å². The molecular formula is C14H18ClN3. The maximum Gasteiger partial charge on any atom is 0.0951 e. The zero-order valence-electron chi connectivity index (χ0n) is 10.9. The van der Waals surface area contributed by atoms with E-state index in [2.05, 4.69) is 28.7 Å². The van der Waals surface area contributed by atoms with Crippen molar-refractivity contribution < 1.29 is 0 Å². The number of halogens is 1. The Kier molecular flexibility index (Phi) is 3.92. The molecule has 18 heavy (non-hydrogen) atoms. The number of nitrogens with one attached hydrogen (secondary N) is 1. The number of imidazole rings is 1. The Morgan fingerprint density at radius 2 is 2.17 bits per heavy atom. The zero-order chi connectivity index (χ0) is 13.1. The van der Waals surface area contributed by atoms with E-state index in [1.165, 1.54) is 5.69 Å². The highest BCUT2D eigenvalue weighted by Gasteiger charge is 2.06. The first-order chi connectivity index (χ1) is 8.59. The van der Waals surface area contributed by atoms with Gasteiger partial charge in [-0.25, -0.2) is 4.98 Å². The molecule has 0 fully saturated rings. The fourth-order valence-corrected chi connectivity index (χ4v) is 2.09. The van der Waals surface area contributed by atoms with Crippen molar-refractivity contribution in [1.29, 1.82) is 0 Å². The van der Waals surface area contributed by atoms with Crippen molar-refractivity contribution in [1.82, 2.24) is 9.55 Å². The van der Waals surface area contributed by atoms with E-state index in [4.69, 9.17) is 11.6 Å². The van der Waals surface area contributed by atoms with Crippen molar-refractivity contribution in [3.63, 3.8) is 0 Å². The summed E-state index contributed by atoms with van der Waals surface area (Å²) in [7, 11) is 0. The second-order valence-corrected chi connectivity index (χ2v) is 5.06. The molecule has 0 amide bonds. The minimum Gasteiger partial charge on any atom is -0.379 e. The molecule has 0 saturated carbocycles. The molecule has 0 radical (unpaired) electrons. The van der Waals surface area contributed by atoms with Crippen LogP contribution in [0.1, 0.15) is 31.1 Å². The Morgan fingerprint density at radius 1 is 1.39 bits per heavy atom. The van der Waals surface area contributed by atoms with Crippen LogP contribution in [-0.2, 0) is 6.54 Å². The monoisotopic (exact) mass is 263 g/mol. The number of rotatable bonds is 4. The molecule has 1 N–H and O–H groups in total. The van der Waals surface area contributed by atoms with Gasteiger partial charge in [0.1, 0.15) is 0 Å². The summed E-state index contributed by atoms with van der Waals surface area (Å²) in [6.07, 6.45) is 3.76. The molecule has 0 saturated heterocycles. The van der Waals surface area contributed by atoms with Crippen LogP contribution in [0.2, 0.25) is 5.02 Å². The summed E-state index contributed by atoms with van der Waals surface area (Å²) in [4.78, 5) is 4.19. The van der Waals surface area contributed by atoms with Crippen LogP contribution < -0.4 is 5.32 Å². The fraction of sp³-hybridized carbons (Fsp3) is 0.357. The normalized spacial score (nSPS) is 10.9. The Morgan fingerprint density at radius 3 is 2.89 bits per heavy atom. The largest absolute Gasteiger partial charge is 0.379 e. The molecular weight excluding hydrogens is 246 g/mol. The van der Waals surface area contributed by atoms with E-state index in [0.717, 1.165) is 22.8 Å². The van der Waals surface area contributed by atoms with Crippen molar-refractivity contribution in [2.45, 2.75) is 33.4 Å². The maximum absolute atomic E-state index is 6.10. The summed E-state index contributed by atoms with van der Waals surface area (Å²) in [6.45, 7) is 7.06. The molecule has 1 aromatic heterocycles. The number of anilines is 1. The Hall–Kier alpha value is -1.48. The maximum atomic E-state index is 6.10. The summed E-state index contributed by atoms with van der Waals surface area (Å²) in [5.41, 5.74) is 3.32. The van der Waals surface area contributed by atoms with E-state index in [1.54, 1.807) is 0 Å². The third kappa shape index (κ3) is 2.67. The lowest BCUT2D eigenvalue weighted by Gasteiger charge is -2.14. The molecule has 1 aromatic carbocycles. The summed E-state index contributed by atoms with van der Waals surface area (Å²) in [5.74, 6) is 0. The molecule has 3 nitrogen and oxygen atoms in total. The second-order valence-electron chi connectivity index (χ2n) is 4.65. The van der Waals surface area contributed by atoms with Crippen LogP contribution in [-0.4, -0.2) is 9.55 Å². The van der Waals surface area contributed by atoms with Gasteiger partial charge in [0.05, 0.1) is 18.6 Å². The van der Waals surface area contributed by atoms with Crippen molar-refractivity contribution in [3.8, 4) is 0 Å². The van der Waals surface area contributed by atoms with Crippen LogP contribution in [0, 0.1) is 6.92 Å². The van der Waals surface area contributed by atoms with Crippen molar-refractivity contribution in [2.24, 2.45) is 0 Å². The second kappa shape index (κ2) is 5.44. The summed E-state index contributed by atoms with van der Waals surface area (Å²) >= 11 is 6.10. The van der Waals surface area contributed by atoms with Gasteiger partial charge in [-0.3, -0.25) is 0 Å². The van der Waals surface area contributed by atoms with E-state index >= 15 is 0 Å². The van der Waals surface area contributed by atoms with Crippen LogP contribution in [0.25, 0.3) is 0 Å². The van der Waals surface area contributed by atoms with Crippen LogP contribution in [0.3, 0.4) is 0 Å². The van der Waals surface area contributed by atoms with Gasteiger partial charge in [0.25, 0.3) is 0 Å². The van der Waals surface area contributed by atoms with E-state index < -0.39 is 0 Å². The summed E-state index contributed by atoms with van der Waals surface area (Å²) in [6, 6.07) is 6.32. The summed E-state index contributed by atoms with van der Waals surface area (Å²) in [5, 5.41) is 4.20. The average Bonchev–Trinajstić information content (AvgIpc) is 2.79. The number of hydrogen-bond donors (Lipinski definition) is 1. The Bertz CT molecular complexity index is 532. The van der Waals surface area contributed by atoms with Gasteiger partial charge in [-0.2, -0.15) is 0 Å². The van der Waals surface area contributed by atoms with Crippen molar-refractivity contribution in [2.75, 3.05) is 5.32 Å². The lowest BCUT2D eigenvalue weighted by molar-refractivity contribution is 0.577.